The SMILES string of the molecule is CC(C)C[C@H](NC(=O)C1(Cc2cc(F)cc(F)c2)CC(CNC(=O)c2nccc3ccccc23)=NO1)B(O)O. The number of amides is 2. The van der Waals surface area contributed by atoms with Crippen LogP contribution in [0, 0.1) is 17.6 Å². The van der Waals surface area contributed by atoms with Crippen molar-refractivity contribution in [3.63, 3.8) is 0 Å². The number of rotatable bonds is 10. The van der Waals surface area contributed by atoms with E-state index in [2.05, 4.69) is 20.8 Å². The molecule has 0 fully saturated rings. The lowest BCUT2D eigenvalue weighted by Crippen LogP contribution is -2.56. The highest BCUT2D eigenvalue weighted by Gasteiger charge is 2.48. The van der Waals surface area contributed by atoms with Crippen LogP contribution >= 0.6 is 0 Å². The van der Waals surface area contributed by atoms with Gasteiger partial charge in [-0.05, 0) is 41.5 Å². The van der Waals surface area contributed by atoms with E-state index in [1.807, 2.05) is 26.0 Å². The number of benzene rings is 2. The van der Waals surface area contributed by atoms with Crippen LogP contribution < -0.4 is 10.6 Å². The van der Waals surface area contributed by atoms with Gasteiger partial charge < -0.3 is 25.5 Å². The minimum absolute atomic E-state index is 0.0274. The van der Waals surface area contributed by atoms with Gasteiger partial charge >= 0.3 is 7.12 Å². The summed E-state index contributed by atoms with van der Waals surface area (Å²) < 4.78 is 27.8. The van der Waals surface area contributed by atoms with E-state index in [-0.39, 0.29) is 43.0 Å². The van der Waals surface area contributed by atoms with E-state index < -0.39 is 42.1 Å². The summed E-state index contributed by atoms with van der Waals surface area (Å²) in [6, 6.07) is 12.0. The standard InChI is InChI=1S/C27H29BF2N4O5/c1-16(2)9-23(28(37)38)33-26(36)27(13-17-10-19(29)12-20(30)11-17)14-21(34-39-27)15-32-25(35)24-22-6-4-3-5-18(22)7-8-31-24/h3-8,10-12,16,23,37-38H,9,13-15H2,1-2H3,(H,32,35)(H,33,36)/t23-,27?/m0/s1. The first-order chi connectivity index (χ1) is 18.6. The smallest absolute Gasteiger partial charge is 0.426 e. The second-order valence-electron chi connectivity index (χ2n) is 10.1. The number of nitrogens with one attached hydrogen (secondary N) is 2. The van der Waals surface area contributed by atoms with E-state index >= 15 is 0 Å². The number of aromatic nitrogens is 1. The van der Waals surface area contributed by atoms with Gasteiger partial charge in [0, 0.05) is 30.5 Å². The van der Waals surface area contributed by atoms with Crippen LogP contribution in [0.25, 0.3) is 10.8 Å². The van der Waals surface area contributed by atoms with Gasteiger partial charge in [0.1, 0.15) is 17.3 Å². The van der Waals surface area contributed by atoms with Crippen molar-refractivity contribution >= 4 is 35.4 Å². The van der Waals surface area contributed by atoms with Crippen molar-refractivity contribution in [1.82, 2.24) is 15.6 Å². The third-order valence-corrected chi connectivity index (χ3v) is 6.41. The normalized spacial score (nSPS) is 17.5. The molecular formula is C27H29BF2N4O5. The van der Waals surface area contributed by atoms with Crippen LogP contribution in [0.2, 0.25) is 0 Å². The summed E-state index contributed by atoms with van der Waals surface area (Å²) in [5, 5.41) is 30.4. The number of fused-ring (bicyclic) bond motifs is 1. The Labute approximate surface area is 224 Å². The molecule has 12 heteroatoms. The Kier molecular flexibility index (Phi) is 8.56. The Morgan fingerprint density at radius 1 is 1.13 bits per heavy atom. The molecule has 39 heavy (non-hydrogen) atoms. The molecular weight excluding hydrogens is 509 g/mol. The van der Waals surface area contributed by atoms with E-state index in [0.717, 1.165) is 17.5 Å². The van der Waals surface area contributed by atoms with Gasteiger partial charge in [0.15, 0.2) is 0 Å². The Bertz CT molecular complexity index is 1380. The van der Waals surface area contributed by atoms with E-state index in [1.54, 1.807) is 18.2 Å². The molecule has 0 saturated heterocycles. The minimum atomic E-state index is -1.84. The molecule has 0 saturated carbocycles. The summed E-state index contributed by atoms with van der Waals surface area (Å²) in [6.07, 6.45) is 1.42. The van der Waals surface area contributed by atoms with Gasteiger partial charge in [0.05, 0.1) is 18.2 Å². The zero-order valence-electron chi connectivity index (χ0n) is 21.5. The van der Waals surface area contributed by atoms with E-state index in [4.69, 9.17) is 4.84 Å². The van der Waals surface area contributed by atoms with Crippen molar-refractivity contribution in [1.29, 1.82) is 0 Å². The lowest BCUT2D eigenvalue weighted by Gasteiger charge is -2.29. The Balaban J connectivity index is 1.52. The number of oxime groups is 1. The number of carbonyl (C=O) groups excluding carboxylic acids is 2. The van der Waals surface area contributed by atoms with Gasteiger partial charge in [-0.25, -0.2) is 8.78 Å². The monoisotopic (exact) mass is 538 g/mol. The fourth-order valence-electron chi connectivity index (χ4n) is 4.61. The highest BCUT2D eigenvalue weighted by molar-refractivity contribution is 6.43. The highest BCUT2D eigenvalue weighted by atomic mass is 19.1. The van der Waals surface area contributed by atoms with Crippen LogP contribution in [0.4, 0.5) is 8.78 Å². The topological polar surface area (TPSA) is 133 Å². The number of pyridine rings is 1. The molecule has 2 atom stereocenters. The van der Waals surface area contributed by atoms with Crippen molar-refractivity contribution < 1.29 is 33.3 Å². The summed E-state index contributed by atoms with van der Waals surface area (Å²) >= 11 is 0. The molecule has 3 aromatic rings. The third kappa shape index (κ3) is 6.76. The minimum Gasteiger partial charge on any atom is -0.426 e. The summed E-state index contributed by atoms with van der Waals surface area (Å²) in [6.45, 7) is 3.63. The summed E-state index contributed by atoms with van der Waals surface area (Å²) in [4.78, 5) is 36.2. The van der Waals surface area contributed by atoms with Crippen LogP contribution in [0.1, 0.15) is 42.7 Å². The lowest BCUT2D eigenvalue weighted by molar-refractivity contribution is -0.144. The summed E-state index contributed by atoms with van der Waals surface area (Å²) in [5.41, 5.74) is -1.06. The lowest BCUT2D eigenvalue weighted by atomic mass is 9.74. The molecule has 0 aliphatic carbocycles. The van der Waals surface area contributed by atoms with Gasteiger partial charge in [0.25, 0.3) is 11.8 Å². The Morgan fingerprint density at radius 3 is 2.54 bits per heavy atom. The number of carbonyl (C=O) groups is 2. The number of hydrogen-bond acceptors (Lipinski definition) is 7. The second kappa shape index (κ2) is 11.9. The molecule has 1 aliphatic heterocycles. The Hall–Kier alpha value is -3.90. The first-order valence-corrected chi connectivity index (χ1v) is 12.5. The third-order valence-electron chi connectivity index (χ3n) is 6.41. The molecule has 0 spiro atoms. The highest BCUT2D eigenvalue weighted by Crippen LogP contribution is 2.30. The predicted molar refractivity (Wildman–Crippen MR) is 142 cm³/mol. The zero-order chi connectivity index (χ0) is 28.2. The molecule has 1 aliphatic rings. The molecule has 4 rings (SSSR count). The maximum absolute atomic E-state index is 13.9. The van der Waals surface area contributed by atoms with E-state index in [1.165, 1.54) is 6.20 Å². The van der Waals surface area contributed by atoms with Crippen LogP contribution in [-0.4, -0.2) is 57.8 Å². The summed E-state index contributed by atoms with van der Waals surface area (Å²) in [5.74, 6) is -3.81. The average Bonchev–Trinajstić information content (AvgIpc) is 3.29. The quantitative estimate of drug-likeness (QED) is 0.294. The van der Waals surface area contributed by atoms with Crippen LogP contribution in [0.15, 0.2) is 59.9 Å². The van der Waals surface area contributed by atoms with Crippen molar-refractivity contribution in [2.45, 2.75) is 44.7 Å². The number of halogens is 2. The molecule has 2 amide bonds. The van der Waals surface area contributed by atoms with Gasteiger partial charge in [-0.1, -0.05) is 43.3 Å². The molecule has 2 heterocycles. The molecule has 2 aromatic carbocycles. The van der Waals surface area contributed by atoms with E-state index in [0.29, 0.717) is 17.2 Å². The second-order valence-corrected chi connectivity index (χ2v) is 10.1. The predicted octanol–water partition coefficient (Wildman–Crippen LogP) is 2.54. The van der Waals surface area contributed by atoms with Crippen LogP contribution in [0.3, 0.4) is 0 Å². The van der Waals surface area contributed by atoms with Crippen molar-refractivity contribution in [3.05, 3.63) is 77.6 Å². The fraction of sp³-hybridized carbons (Fsp3) is 0.333. The number of nitrogens with zero attached hydrogens (tertiary/aromatic N) is 2. The molecule has 4 N–H and O–H groups in total. The van der Waals surface area contributed by atoms with Gasteiger partial charge in [0.2, 0.25) is 5.60 Å². The maximum atomic E-state index is 13.9. The zero-order valence-corrected chi connectivity index (χ0v) is 21.5. The molecule has 204 valence electrons. The van der Waals surface area contributed by atoms with Crippen molar-refractivity contribution in [2.24, 2.45) is 11.1 Å². The average molecular weight is 538 g/mol. The van der Waals surface area contributed by atoms with Crippen molar-refractivity contribution in [3.8, 4) is 0 Å². The molecule has 1 aromatic heterocycles. The molecule has 0 bridgehead atoms. The molecule has 0 radical (unpaired) electrons. The largest absolute Gasteiger partial charge is 0.475 e. The first-order valence-electron chi connectivity index (χ1n) is 12.5. The van der Waals surface area contributed by atoms with Gasteiger partial charge in [-0.15, -0.1) is 0 Å². The fourth-order valence-corrected chi connectivity index (χ4v) is 4.61. The molecule has 1 unspecified atom stereocenters. The van der Waals surface area contributed by atoms with Gasteiger partial charge in [-0.2, -0.15) is 0 Å². The van der Waals surface area contributed by atoms with Crippen LogP contribution in [-0.2, 0) is 16.1 Å². The van der Waals surface area contributed by atoms with E-state index in [9.17, 15) is 28.4 Å². The molecule has 9 nitrogen and oxygen atoms in total. The first kappa shape index (κ1) is 28.1. The Morgan fingerprint density at radius 2 is 1.85 bits per heavy atom. The van der Waals surface area contributed by atoms with Crippen molar-refractivity contribution in [2.75, 3.05) is 6.54 Å². The summed E-state index contributed by atoms with van der Waals surface area (Å²) in [7, 11) is -1.84. The number of hydrogen-bond donors (Lipinski definition) is 4. The van der Waals surface area contributed by atoms with Gasteiger partial charge in [-0.3, -0.25) is 14.6 Å². The van der Waals surface area contributed by atoms with Crippen LogP contribution in [0.5, 0.6) is 0 Å². The maximum Gasteiger partial charge on any atom is 0.475 e.